The minimum atomic E-state index is -0.404. The summed E-state index contributed by atoms with van der Waals surface area (Å²) in [6.45, 7) is 5.19. The molecule has 0 unspecified atom stereocenters. The van der Waals surface area contributed by atoms with Crippen LogP contribution in [0.5, 0.6) is 0 Å². The Kier molecular flexibility index (Phi) is 9.11. The maximum atomic E-state index is 10.2. The summed E-state index contributed by atoms with van der Waals surface area (Å²) < 4.78 is 11.6. The SMILES string of the molecule is C[C@H](C[C@H](O)C/C=C\[C@H](C)OCc1ccccc1)OCc1ccccc1. The first-order valence-electron chi connectivity index (χ1n) is 9.29. The predicted octanol–water partition coefficient (Wildman–Crippen LogP) is 4.89. The number of ether oxygens (including phenoxy) is 2. The van der Waals surface area contributed by atoms with Crippen LogP contribution in [0, 0.1) is 0 Å². The van der Waals surface area contributed by atoms with Crippen LogP contribution < -0.4 is 0 Å². The summed E-state index contributed by atoms with van der Waals surface area (Å²) in [4.78, 5) is 0. The van der Waals surface area contributed by atoms with E-state index in [2.05, 4.69) is 12.1 Å². The van der Waals surface area contributed by atoms with Crippen molar-refractivity contribution in [2.45, 2.75) is 58.2 Å². The smallest absolute Gasteiger partial charge is 0.0732 e. The van der Waals surface area contributed by atoms with Gasteiger partial charge in [0.15, 0.2) is 0 Å². The van der Waals surface area contributed by atoms with Gasteiger partial charge in [-0.15, -0.1) is 0 Å². The lowest BCUT2D eigenvalue weighted by molar-refractivity contribution is 0.0155. The van der Waals surface area contributed by atoms with E-state index in [4.69, 9.17) is 9.47 Å². The Morgan fingerprint density at radius 3 is 1.96 bits per heavy atom. The van der Waals surface area contributed by atoms with Crippen molar-refractivity contribution in [2.75, 3.05) is 0 Å². The molecule has 0 aliphatic rings. The van der Waals surface area contributed by atoms with Crippen molar-refractivity contribution < 1.29 is 14.6 Å². The van der Waals surface area contributed by atoms with Crippen molar-refractivity contribution in [3.05, 3.63) is 83.9 Å². The van der Waals surface area contributed by atoms with E-state index in [1.165, 1.54) is 0 Å². The summed E-state index contributed by atoms with van der Waals surface area (Å²) in [5, 5.41) is 10.2. The van der Waals surface area contributed by atoms with Gasteiger partial charge in [0.1, 0.15) is 0 Å². The summed E-state index contributed by atoms with van der Waals surface area (Å²) >= 11 is 0. The van der Waals surface area contributed by atoms with Gasteiger partial charge in [-0.3, -0.25) is 0 Å². The van der Waals surface area contributed by atoms with E-state index in [0.29, 0.717) is 26.1 Å². The van der Waals surface area contributed by atoms with E-state index in [1.807, 2.05) is 74.5 Å². The fourth-order valence-electron chi connectivity index (χ4n) is 2.64. The van der Waals surface area contributed by atoms with E-state index in [0.717, 1.165) is 11.1 Å². The summed E-state index contributed by atoms with van der Waals surface area (Å²) in [6.07, 6.45) is 4.86. The molecule has 2 aromatic carbocycles. The second kappa shape index (κ2) is 11.6. The van der Waals surface area contributed by atoms with Gasteiger partial charge in [0.25, 0.3) is 0 Å². The minimum absolute atomic E-state index is 0.0189. The molecule has 0 aromatic heterocycles. The molecule has 3 atom stereocenters. The third-order valence-corrected chi connectivity index (χ3v) is 4.15. The van der Waals surface area contributed by atoms with Crippen LogP contribution in [0.1, 0.15) is 37.8 Å². The third-order valence-electron chi connectivity index (χ3n) is 4.15. The Morgan fingerprint density at radius 1 is 0.846 bits per heavy atom. The normalized spacial score (nSPS) is 15.0. The summed E-state index contributed by atoms with van der Waals surface area (Å²) in [5.74, 6) is 0. The van der Waals surface area contributed by atoms with Crippen LogP contribution in [0.15, 0.2) is 72.8 Å². The van der Waals surface area contributed by atoms with Gasteiger partial charge in [-0.2, -0.15) is 0 Å². The van der Waals surface area contributed by atoms with Gasteiger partial charge in [-0.1, -0.05) is 72.8 Å². The van der Waals surface area contributed by atoms with Crippen LogP contribution >= 0.6 is 0 Å². The lowest BCUT2D eigenvalue weighted by Gasteiger charge is -2.16. The highest BCUT2D eigenvalue weighted by Gasteiger charge is 2.10. The van der Waals surface area contributed by atoms with Crippen LogP contribution in [-0.2, 0) is 22.7 Å². The molecule has 0 spiro atoms. The molecule has 0 radical (unpaired) electrons. The second-order valence-electron chi connectivity index (χ2n) is 6.66. The van der Waals surface area contributed by atoms with Gasteiger partial charge in [0.2, 0.25) is 0 Å². The largest absolute Gasteiger partial charge is 0.393 e. The van der Waals surface area contributed by atoms with Crippen molar-refractivity contribution >= 4 is 0 Å². The number of aliphatic hydroxyl groups is 1. The van der Waals surface area contributed by atoms with Crippen LogP contribution in [0.3, 0.4) is 0 Å². The Labute approximate surface area is 157 Å². The Balaban J connectivity index is 1.60. The molecule has 26 heavy (non-hydrogen) atoms. The van der Waals surface area contributed by atoms with Gasteiger partial charge < -0.3 is 14.6 Å². The van der Waals surface area contributed by atoms with Crippen LogP contribution in [0.2, 0.25) is 0 Å². The summed E-state index contributed by atoms with van der Waals surface area (Å²) in [6, 6.07) is 20.2. The molecule has 0 saturated heterocycles. The first-order valence-corrected chi connectivity index (χ1v) is 9.29. The monoisotopic (exact) mass is 354 g/mol. The summed E-state index contributed by atoms with van der Waals surface area (Å²) in [7, 11) is 0. The van der Waals surface area contributed by atoms with E-state index in [-0.39, 0.29) is 12.2 Å². The van der Waals surface area contributed by atoms with Gasteiger partial charge in [-0.25, -0.2) is 0 Å². The van der Waals surface area contributed by atoms with Crippen molar-refractivity contribution in [3.63, 3.8) is 0 Å². The zero-order chi connectivity index (χ0) is 18.6. The molecule has 3 heteroatoms. The molecule has 0 aliphatic heterocycles. The molecule has 0 heterocycles. The highest BCUT2D eigenvalue weighted by atomic mass is 16.5. The zero-order valence-corrected chi connectivity index (χ0v) is 15.8. The maximum Gasteiger partial charge on any atom is 0.0732 e. The first kappa shape index (κ1) is 20.4. The van der Waals surface area contributed by atoms with Gasteiger partial charge in [-0.05, 0) is 37.8 Å². The average Bonchev–Trinajstić information content (AvgIpc) is 2.66. The van der Waals surface area contributed by atoms with Gasteiger partial charge in [0, 0.05) is 0 Å². The molecule has 0 bridgehead atoms. The van der Waals surface area contributed by atoms with Crippen LogP contribution in [-0.4, -0.2) is 23.4 Å². The molecule has 140 valence electrons. The molecule has 1 N–H and O–H groups in total. The number of rotatable bonds is 11. The topological polar surface area (TPSA) is 38.7 Å². The minimum Gasteiger partial charge on any atom is -0.393 e. The number of benzene rings is 2. The Hall–Kier alpha value is -1.94. The van der Waals surface area contributed by atoms with E-state index in [9.17, 15) is 5.11 Å². The fourth-order valence-corrected chi connectivity index (χ4v) is 2.64. The Morgan fingerprint density at radius 2 is 1.38 bits per heavy atom. The molecular formula is C23H30O3. The standard InChI is InChI=1S/C23H30O3/c1-19(25-17-21-11-5-3-6-12-21)10-9-15-23(24)16-20(2)26-18-22-13-7-4-8-14-22/h3-14,19-20,23-24H,15-18H2,1-2H3/b10-9-/t19-,20+,23+/m0/s1. The van der Waals surface area contributed by atoms with Gasteiger partial charge in [0.05, 0.1) is 31.5 Å². The molecular weight excluding hydrogens is 324 g/mol. The molecule has 0 aliphatic carbocycles. The van der Waals surface area contributed by atoms with E-state index < -0.39 is 6.10 Å². The maximum absolute atomic E-state index is 10.2. The Bertz CT molecular complexity index is 624. The number of hydrogen-bond acceptors (Lipinski definition) is 3. The number of hydrogen-bond donors (Lipinski definition) is 1. The van der Waals surface area contributed by atoms with Gasteiger partial charge >= 0.3 is 0 Å². The molecule has 2 aromatic rings. The lowest BCUT2D eigenvalue weighted by atomic mass is 10.1. The molecule has 0 saturated carbocycles. The van der Waals surface area contributed by atoms with E-state index in [1.54, 1.807) is 0 Å². The zero-order valence-electron chi connectivity index (χ0n) is 15.8. The van der Waals surface area contributed by atoms with Crippen LogP contribution in [0.4, 0.5) is 0 Å². The van der Waals surface area contributed by atoms with E-state index >= 15 is 0 Å². The van der Waals surface area contributed by atoms with Crippen molar-refractivity contribution in [1.82, 2.24) is 0 Å². The summed E-state index contributed by atoms with van der Waals surface area (Å²) in [5.41, 5.74) is 2.32. The van der Waals surface area contributed by atoms with Crippen molar-refractivity contribution in [3.8, 4) is 0 Å². The highest BCUT2D eigenvalue weighted by Crippen LogP contribution is 2.11. The first-order chi connectivity index (χ1) is 12.6. The highest BCUT2D eigenvalue weighted by molar-refractivity contribution is 5.14. The lowest BCUT2D eigenvalue weighted by Crippen LogP contribution is -2.17. The molecule has 0 amide bonds. The fraction of sp³-hybridized carbons (Fsp3) is 0.391. The molecule has 3 nitrogen and oxygen atoms in total. The quantitative estimate of drug-likeness (QED) is 0.584. The molecule has 2 rings (SSSR count). The third kappa shape index (κ3) is 8.43. The molecule has 0 fully saturated rings. The second-order valence-corrected chi connectivity index (χ2v) is 6.66. The van der Waals surface area contributed by atoms with Crippen LogP contribution in [0.25, 0.3) is 0 Å². The predicted molar refractivity (Wildman–Crippen MR) is 106 cm³/mol. The average molecular weight is 354 g/mol. The number of aliphatic hydroxyl groups excluding tert-OH is 1. The van der Waals surface area contributed by atoms with Crippen molar-refractivity contribution in [1.29, 1.82) is 0 Å². The van der Waals surface area contributed by atoms with Crippen molar-refractivity contribution in [2.24, 2.45) is 0 Å².